The van der Waals surface area contributed by atoms with Crippen LogP contribution < -0.4 is 5.32 Å². The zero-order valence-electron chi connectivity index (χ0n) is 11.4. The summed E-state index contributed by atoms with van der Waals surface area (Å²) in [7, 11) is 0. The van der Waals surface area contributed by atoms with E-state index in [-0.39, 0.29) is 24.7 Å². The second-order valence-electron chi connectivity index (χ2n) is 4.48. The molecule has 0 spiro atoms. The number of nitrogens with zero attached hydrogens (tertiary/aromatic N) is 2. The predicted molar refractivity (Wildman–Crippen MR) is 69.6 cm³/mol. The first-order valence-electron chi connectivity index (χ1n) is 6.23. The van der Waals surface area contributed by atoms with Crippen LogP contribution in [0.1, 0.15) is 38.8 Å². The number of carbonyl (C=O) groups excluding carboxylic acids is 1. The van der Waals surface area contributed by atoms with Gasteiger partial charge in [-0.1, -0.05) is 6.92 Å². The number of H-pyrrole nitrogens is 1. The summed E-state index contributed by atoms with van der Waals surface area (Å²) >= 11 is 0. The molecule has 7 heteroatoms. The van der Waals surface area contributed by atoms with Crippen molar-refractivity contribution in [1.29, 1.82) is 0 Å². The van der Waals surface area contributed by atoms with Crippen molar-refractivity contribution in [3.05, 3.63) is 18.0 Å². The van der Waals surface area contributed by atoms with Crippen LogP contribution in [0.15, 0.2) is 12.4 Å². The van der Waals surface area contributed by atoms with Gasteiger partial charge < -0.3 is 15.3 Å². The Morgan fingerprint density at radius 2 is 2.21 bits per heavy atom. The molecule has 0 aliphatic heterocycles. The molecular formula is C12H20N4O3. The first-order chi connectivity index (χ1) is 8.95. The molecule has 19 heavy (non-hydrogen) atoms. The summed E-state index contributed by atoms with van der Waals surface area (Å²) in [6.07, 6.45) is 4.01. The van der Waals surface area contributed by atoms with Crippen LogP contribution in [-0.4, -0.2) is 44.8 Å². The van der Waals surface area contributed by atoms with Gasteiger partial charge in [-0.05, 0) is 20.3 Å². The van der Waals surface area contributed by atoms with Crippen LogP contribution in [0.2, 0.25) is 0 Å². The van der Waals surface area contributed by atoms with Crippen molar-refractivity contribution in [3.8, 4) is 0 Å². The zero-order chi connectivity index (χ0) is 14.4. The summed E-state index contributed by atoms with van der Waals surface area (Å²) in [5, 5.41) is 18.1. The highest BCUT2D eigenvalue weighted by molar-refractivity contribution is 5.80. The summed E-state index contributed by atoms with van der Waals surface area (Å²) in [5.74, 6) is -1.02. The lowest BCUT2D eigenvalue weighted by molar-refractivity contribution is -0.138. The van der Waals surface area contributed by atoms with E-state index in [2.05, 4.69) is 15.5 Å². The third-order valence-corrected chi connectivity index (χ3v) is 3.05. The van der Waals surface area contributed by atoms with E-state index in [1.165, 1.54) is 4.90 Å². The number of aliphatic carboxylic acids is 1. The zero-order valence-corrected chi connectivity index (χ0v) is 11.4. The first-order valence-corrected chi connectivity index (χ1v) is 6.23. The van der Waals surface area contributed by atoms with E-state index in [4.69, 9.17) is 5.11 Å². The molecule has 2 unspecified atom stereocenters. The number of carbonyl (C=O) groups is 2. The largest absolute Gasteiger partial charge is 0.480 e. The Morgan fingerprint density at radius 3 is 2.68 bits per heavy atom. The number of hydrogen-bond donors (Lipinski definition) is 3. The number of carboxylic acid groups (broad SMARTS) is 1. The number of rotatable bonds is 6. The molecule has 1 aromatic rings. The summed E-state index contributed by atoms with van der Waals surface area (Å²) < 4.78 is 0. The molecule has 106 valence electrons. The number of aromatic nitrogens is 2. The van der Waals surface area contributed by atoms with Crippen LogP contribution in [0, 0.1) is 0 Å². The third kappa shape index (κ3) is 4.27. The first kappa shape index (κ1) is 15.0. The summed E-state index contributed by atoms with van der Waals surface area (Å²) in [6.45, 7) is 5.24. The van der Waals surface area contributed by atoms with Gasteiger partial charge in [-0.15, -0.1) is 0 Å². The van der Waals surface area contributed by atoms with Crippen LogP contribution in [0.25, 0.3) is 0 Å². The molecule has 0 saturated heterocycles. The highest BCUT2D eigenvalue weighted by atomic mass is 16.4. The Bertz CT molecular complexity index is 419. The molecule has 0 aromatic carbocycles. The van der Waals surface area contributed by atoms with E-state index in [9.17, 15) is 9.59 Å². The highest BCUT2D eigenvalue weighted by Crippen LogP contribution is 2.11. The van der Waals surface area contributed by atoms with E-state index >= 15 is 0 Å². The Labute approximate surface area is 112 Å². The Morgan fingerprint density at radius 1 is 1.53 bits per heavy atom. The van der Waals surface area contributed by atoms with Crippen LogP contribution in [0.4, 0.5) is 4.79 Å². The minimum Gasteiger partial charge on any atom is -0.480 e. The monoisotopic (exact) mass is 268 g/mol. The number of aromatic amines is 1. The van der Waals surface area contributed by atoms with Gasteiger partial charge in [0.2, 0.25) is 0 Å². The molecule has 0 aliphatic carbocycles. The van der Waals surface area contributed by atoms with Crippen molar-refractivity contribution in [2.75, 3.05) is 6.54 Å². The van der Waals surface area contributed by atoms with Crippen LogP contribution in [-0.2, 0) is 4.79 Å². The molecule has 1 heterocycles. The number of nitrogens with one attached hydrogen (secondary N) is 2. The minimum absolute atomic E-state index is 0.132. The van der Waals surface area contributed by atoms with Crippen molar-refractivity contribution in [3.63, 3.8) is 0 Å². The number of hydrogen-bond acceptors (Lipinski definition) is 3. The van der Waals surface area contributed by atoms with Crippen LogP contribution >= 0.6 is 0 Å². The topological polar surface area (TPSA) is 98.3 Å². The molecule has 1 aromatic heterocycles. The van der Waals surface area contributed by atoms with Gasteiger partial charge in [-0.2, -0.15) is 5.10 Å². The van der Waals surface area contributed by atoms with Crippen LogP contribution in [0.5, 0.6) is 0 Å². The standard InChI is InChI=1S/C12H20N4O3/c1-4-8(2)16(7-11(17)18)12(19)15-9(3)10-5-13-14-6-10/h5-6,8-9H,4,7H2,1-3H3,(H,13,14)(H,15,19)(H,17,18). The lowest BCUT2D eigenvalue weighted by atomic mass is 10.2. The lowest BCUT2D eigenvalue weighted by Crippen LogP contribution is -2.47. The minimum atomic E-state index is -1.02. The van der Waals surface area contributed by atoms with Crippen molar-refractivity contribution >= 4 is 12.0 Å². The van der Waals surface area contributed by atoms with Gasteiger partial charge in [0.05, 0.1) is 12.2 Å². The van der Waals surface area contributed by atoms with Crippen molar-refractivity contribution < 1.29 is 14.7 Å². The summed E-state index contributed by atoms with van der Waals surface area (Å²) in [6, 6.07) is -0.746. The van der Waals surface area contributed by atoms with Crippen molar-refractivity contribution in [2.24, 2.45) is 0 Å². The molecule has 1 rings (SSSR count). The normalized spacial score (nSPS) is 13.6. The SMILES string of the molecule is CCC(C)N(CC(=O)O)C(=O)NC(C)c1cn[nH]c1. The second kappa shape index (κ2) is 6.77. The van der Waals surface area contributed by atoms with Gasteiger partial charge in [-0.3, -0.25) is 9.89 Å². The number of amides is 2. The third-order valence-electron chi connectivity index (χ3n) is 3.05. The fourth-order valence-corrected chi connectivity index (χ4v) is 1.64. The molecule has 0 radical (unpaired) electrons. The number of urea groups is 1. The molecule has 0 bridgehead atoms. The molecule has 2 amide bonds. The number of carboxylic acids is 1. The maximum absolute atomic E-state index is 12.1. The van der Waals surface area contributed by atoms with E-state index < -0.39 is 5.97 Å². The average Bonchev–Trinajstić information content (AvgIpc) is 2.88. The molecule has 0 saturated carbocycles. The maximum Gasteiger partial charge on any atom is 0.323 e. The van der Waals surface area contributed by atoms with E-state index in [1.807, 2.05) is 20.8 Å². The van der Waals surface area contributed by atoms with E-state index in [0.717, 1.165) is 5.56 Å². The molecule has 0 aliphatic rings. The summed E-state index contributed by atoms with van der Waals surface area (Å²) in [5.41, 5.74) is 0.841. The Balaban J connectivity index is 2.68. The van der Waals surface area contributed by atoms with E-state index in [0.29, 0.717) is 6.42 Å². The van der Waals surface area contributed by atoms with Gasteiger partial charge >= 0.3 is 12.0 Å². The smallest absolute Gasteiger partial charge is 0.323 e. The van der Waals surface area contributed by atoms with Gasteiger partial charge in [0.15, 0.2) is 0 Å². The van der Waals surface area contributed by atoms with Gasteiger partial charge in [0, 0.05) is 17.8 Å². The van der Waals surface area contributed by atoms with Crippen LogP contribution in [0.3, 0.4) is 0 Å². The van der Waals surface area contributed by atoms with Gasteiger partial charge in [0.1, 0.15) is 6.54 Å². The predicted octanol–water partition coefficient (Wildman–Crippen LogP) is 1.37. The molecular weight excluding hydrogens is 248 g/mol. The van der Waals surface area contributed by atoms with Crippen molar-refractivity contribution in [1.82, 2.24) is 20.4 Å². The fraction of sp³-hybridized carbons (Fsp3) is 0.583. The lowest BCUT2D eigenvalue weighted by Gasteiger charge is -2.28. The quantitative estimate of drug-likeness (QED) is 0.725. The Hall–Kier alpha value is -2.05. The van der Waals surface area contributed by atoms with Gasteiger partial charge in [-0.25, -0.2) is 4.79 Å². The maximum atomic E-state index is 12.1. The second-order valence-corrected chi connectivity index (χ2v) is 4.48. The van der Waals surface area contributed by atoms with Crippen molar-refractivity contribution in [2.45, 2.75) is 39.3 Å². The summed E-state index contributed by atoms with van der Waals surface area (Å²) in [4.78, 5) is 24.2. The molecule has 0 fully saturated rings. The van der Waals surface area contributed by atoms with Gasteiger partial charge in [0.25, 0.3) is 0 Å². The average molecular weight is 268 g/mol. The molecule has 2 atom stereocenters. The molecule has 7 nitrogen and oxygen atoms in total. The Kier molecular flexibility index (Phi) is 5.35. The fourth-order valence-electron chi connectivity index (χ4n) is 1.64. The highest BCUT2D eigenvalue weighted by Gasteiger charge is 2.23. The molecule has 3 N–H and O–H groups in total. The van der Waals surface area contributed by atoms with E-state index in [1.54, 1.807) is 12.4 Å².